The van der Waals surface area contributed by atoms with Crippen molar-refractivity contribution in [1.29, 1.82) is 0 Å². The number of anilines is 1. The Morgan fingerprint density at radius 2 is 1.85 bits per heavy atom. The third-order valence-corrected chi connectivity index (χ3v) is 6.18. The van der Waals surface area contributed by atoms with Gasteiger partial charge in [-0.15, -0.1) is 16.4 Å². The van der Waals surface area contributed by atoms with E-state index in [2.05, 4.69) is 20.7 Å². The van der Waals surface area contributed by atoms with Crippen LogP contribution in [0, 0.1) is 0 Å². The maximum atomic E-state index is 13.0. The van der Waals surface area contributed by atoms with Gasteiger partial charge in [0.15, 0.2) is 5.65 Å². The highest BCUT2D eigenvalue weighted by molar-refractivity contribution is 7.12. The van der Waals surface area contributed by atoms with E-state index >= 15 is 0 Å². The zero-order valence-corrected chi connectivity index (χ0v) is 20.4. The Morgan fingerprint density at radius 3 is 2.53 bits per heavy atom. The van der Waals surface area contributed by atoms with Crippen LogP contribution in [0.4, 0.5) is 5.95 Å². The summed E-state index contributed by atoms with van der Waals surface area (Å²) in [5.74, 6) is -0.323. The first-order valence-corrected chi connectivity index (χ1v) is 12.0. The number of nitrogens with two attached hydrogens (primary N) is 1. The van der Waals surface area contributed by atoms with Crippen molar-refractivity contribution in [3.63, 3.8) is 0 Å². The summed E-state index contributed by atoms with van der Waals surface area (Å²) in [4.78, 5) is 30.7. The van der Waals surface area contributed by atoms with Crippen molar-refractivity contribution in [3.8, 4) is 11.1 Å². The zero-order valence-electron chi connectivity index (χ0n) is 19.6. The molecule has 0 fully saturated rings. The van der Waals surface area contributed by atoms with Crippen LogP contribution in [0.2, 0.25) is 0 Å². The third kappa shape index (κ3) is 5.09. The van der Waals surface area contributed by atoms with Gasteiger partial charge in [0.2, 0.25) is 5.95 Å². The average Bonchev–Trinajstić information content (AvgIpc) is 3.42. The number of pyridine rings is 1. The van der Waals surface area contributed by atoms with E-state index in [9.17, 15) is 9.59 Å². The van der Waals surface area contributed by atoms with Gasteiger partial charge in [0, 0.05) is 17.3 Å². The summed E-state index contributed by atoms with van der Waals surface area (Å²) in [5.41, 5.74) is 8.74. The Kier molecular flexibility index (Phi) is 6.39. The molecule has 4 rings (SSSR count). The van der Waals surface area contributed by atoms with Gasteiger partial charge in [-0.3, -0.25) is 9.59 Å². The van der Waals surface area contributed by atoms with Gasteiger partial charge < -0.3 is 16.4 Å². The van der Waals surface area contributed by atoms with E-state index in [4.69, 9.17) is 5.73 Å². The van der Waals surface area contributed by atoms with Crippen LogP contribution >= 0.6 is 11.3 Å². The third-order valence-electron chi connectivity index (χ3n) is 5.26. The number of carbonyl (C=O) groups excluding carboxylic acids is 2. The fourth-order valence-corrected chi connectivity index (χ4v) is 4.50. The second-order valence-electron chi connectivity index (χ2n) is 9.13. The molecule has 3 aromatic heterocycles. The summed E-state index contributed by atoms with van der Waals surface area (Å²) in [7, 11) is 0. The molecule has 176 valence electrons. The summed E-state index contributed by atoms with van der Waals surface area (Å²) in [6.07, 6.45) is 2.54. The highest BCUT2D eigenvalue weighted by Crippen LogP contribution is 2.29. The van der Waals surface area contributed by atoms with E-state index in [0.717, 1.165) is 23.1 Å². The molecule has 4 aromatic rings. The standard InChI is InChI=1S/C25H28N6O2S/c1-5-19(15-9-7-6-8-10-15)27-23(33)20-12-17(14-34-20)16-11-18(22(32)29-25(2,3)4)21-28-24(26)30-31(21)13-16/h6-14,19H,5H2,1-4H3,(H2,26,30)(H,27,33)(H,29,32)/t19-/m0/s1. The Labute approximate surface area is 202 Å². The van der Waals surface area contributed by atoms with Crippen LogP contribution in [0.3, 0.4) is 0 Å². The van der Waals surface area contributed by atoms with Crippen LogP contribution in [-0.4, -0.2) is 32.0 Å². The topological polar surface area (TPSA) is 114 Å². The number of nitrogens with zero attached hydrogens (tertiary/aromatic N) is 3. The largest absolute Gasteiger partial charge is 0.366 e. The second-order valence-corrected chi connectivity index (χ2v) is 10.0. The molecule has 0 unspecified atom stereocenters. The van der Waals surface area contributed by atoms with E-state index in [1.165, 1.54) is 15.9 Å². The minimum Gasteiger partial charge on any atom is -0.366 e. The molecule has 0 radical (unpaired) electrons. The van der Waals surface area contributed by atoms with Gasteiger partial charge in [-0.2, -0.15) is 4.98 Å². The van der Waals surface area contributed by atoms with Crippen LogP contribution in [0.25, 0.3) is 16.8 Å². The van der Waals surface area contributed by atoms with Crippen molar-refractivity contribution in [2.45, 2.75) is 45.7 Å². The molecule has 2 amide bonds. The molecule has 1 atom stereocenters. The number of thiophene rings is 1. The van der Waals surface area contributed by atoms with Gasteiger partial charge >= 0.3 is 0 Å². The number of nitrogen functional groups attached to an aromatic ring is 1. The Morgan fingerprint density at radius 1 is 1.12 bits per heavy atom. The lowest BCUT2D eigenvalue weighted by Gasteiger charge is -2.20. The van der Waals surface area contributed by atoms with Crippen molar-refractivity contribution < 1.29 is 9.59 Å². The first kappa shape index (κ1) is 23.4. The zero-order chi connectivity index (χ0) is 24.5. The minimum absolute atomic E-state index is 0.0681. The molecule has 4 N–H and O–H groups in total. The molecule has 1 aromatic carbocycles. The number of rotatable bonds is 6. The Bertz CT molecular complexity index is 1340. The SMILES string of the molecule is CC[C@H](NC(=O)c1cc(-c2cc(C(=O)NC(C)(C)C)c3nc(N)nn3c2)cs1)c1ccccc1. The lowest BCUT2D eigenvalue weighted by molar-refractivity contribution is 0.0917. The molecule has 0 aliphatic carbocycles. The molecule has 0 aliphatic heterocycles. The number of benzene rings is 1. The predicted octanol–water partition coefficient (Wildman–Crippen LogP) is 4.45. The van der Waals surface area contributed by atoms with Crippen LogP contribution in [0.5, 0.6) is 0 Å². The number of aromatic nitrogens is 3. The Hall–Kier alpha value is -3.72. The molecule has 34 heavy (non-hydrogen) atoms. The number of carbonyl (C=O) groups is 2. The highest BCUT2D eigenvalue weighted by atomic mass is 32.1. The monoisotopic (exact) mass is 476 g/mol. The van der Waals surface area contributed by atoms with Crippen molar-refractivity contribution >= 4 is 34.7 Å². The predicted molar refractivity (Wildman–Crippen MR) is 135 cm³/mol. The quantitative estimate of drug-likeness (QED) is 0.380. The van der Waals surface area contributed by atoms with Crippen LogP contribution in [0.1, 0.15) is 65.8 Å². The maximum absolute atomic E-state index is 13.0. The molecular formula is C25H28N6O2S. The van der Waals surface area contributed by atoms with Gasteiger partial charge in [-0.25, -0.2) is 4.52 Å². The summed E-state index contributed by atoms with van der Waals surface area (Å²) < 4.78 is 1.50. The van der Waals surface area contributed by atoms with Crippen molar-refractivity contribution in [2.75, 3.05) is 5.73 Å². The van der Waals surface area contributed by atoms with E-state index < -0.39 is 5.54 Å². The van der Waals surface area contributed by atoms with E-state index in [1.807, 2.05) is 69.5 Å². The van der Waals surface area contributed by atoms with Crippen LogP contribution in [0.15, 0.2) is 54.0 Å². The number of amides is 2. The van der Waals surface area contributed by atoms with Gasteiger partial charge in [0.05, 0.1) is 16.5 Å². The summed E-state index contributed by atoms with van der Waals surface area (Å²) in [5, 5.41) is 12.2. The minimum atomic E-state index is -0.419. The fraction of sp³-hybridized carbons (Fsp3) is 0.280. The second kappa shape index (κ2) is 9.26. The number of hydrogen-bond donors (Lipinski definition) is 3. The maximum Gasteiger partial charge on any atom is 0.261 e. The fourth-order valence-electron chi connectivity index (χ4n) is 3.68. The van der Waals surface area contributed by atoms with Crippen molar-refractivity contribution in [2.24, 2.45) is 0 Å². The molecule has 3 heterocycles. The van der Waals surface area contributed by atoms with Gasteiger partial charge in [0.25, 0.3) is 11.8 Å². The molecule has 0 bridgehead atoms. The van der Waals surface area contributed by atoms with Gasteiger partial charge in [0.1, 0.15) is 0 Å². The lowest BCUT2D eigenvalue weighted by atomic mass is 10.0. The van der Waals surface area contributed by atoms with Crippen molar-refractivity contribution in [1.82, 2.24) is 25.2 Å². The summed E-state index contributed by atoms with van der Waals surface area (Å²) in [6, 6.07) is 13.4. The average molecular weight is 477 g/mol. The Balaban J connectivity index is 1.64. The first-order chi connectivity index (χ1) is 16.1. The molecular weight excluding hydrogens is 448 g/mol. The first-order valence-electron chi connectivity index (χ1n) is 11.1. The molecule has 0 spiro atoms. The number of fused-ring (bicyclic) bond motifs is 1. The van der Waals surface area contributed by atoms with E-state index in [1.54, 1.807) is 12.3 Å². The van der Waals surface area contributed by atoms with E-state index in [0.29, 0.717) is 16.1 Å². The van der Waals surface area contributed by atoms with E-state index in [-0.39, 0.29) is 23.8 Å². The smallest absolute Gasteiger partial charge is 0.261 e. The lowest BCUT2D eigenvalue weighted by Crippen LogP contribution is -2.40. The molecule has 0 saturated carbocycles. The number of hydrogen-bond acceptors (Lipinski definition) is 6. The van der Waals surface area contributed by atoms with Crippen molar-refractivity contribution in [3.05, 3.63) is 70.0 Å². The number of nitrogens with one attached hydrogen (secondary N) is 2. The summed E-state index contributed by atoms with van der Waals surface area (Å²) >= 11 is 1.35. The normalized spacial score (nSPS) is 12.5. The van der Waals surface area contributed by atoms with Gasteiger partial charge in [-0.05, 0) is 55.8 Å². The van der Waals surface area contributed by atoms with Crippen LogP contribution in [-0.2, 0) is 0 Å². The van der Waals surface area contributed by atoms with Gasteiger partial charge in [-0.1, -0.05) is 37.3 Å². The molecule has 0 saturated heterocycles. The molecule has 0 aliphatic rings. The molecule has 8 nitrogen and oxygen atoms in total. The summed E-state index contributed by atoms with van der Waals surface area (Å²) in [6.45, 7) is 7.77. The van der Waals surface area contributed by atoms with Crippen LogP contribution < -0.4 is 16.4 Å². The highest BCUT2D eigenvalue weighted by Gasteiger charge is 2.22. The molecule has 9 heteroatoms.